The maximum atomic E-state index is 12.4. The van der Waals surface area contributed by atoms with Gasteiger partial charge < -0.3 is 5.32 Å². The van der Waals surface area contributed by atoms with Crippen molar-refractivity contribution in [2.45, 2.75) is 39.3 Å². The van der Waals surface area contributed by atoms with E-state index in [4.69, 9.17) is 0 Å². The number of anilines is 1. The Kier molecular flexibility index (Phi) is 5.08. The molecule has 2 heterocycles. The Hall–Kier alpha value is -2.14. The van der Waals surface area contributed by atoms with Crippen molar-refractivity contribution in [3.05, 3.63) is 57.5 Å². The molecule has 1 aliphatic heterocycles. The van der Waals surface area contributed by atoms with E-state index >= 15 is 0 Å². The summed E-state index contributed by atoms with van der Waals surface area (Å²) in [4.78, 5) is 22.1. The van der Waals surface area contributed by atoms with Gasteiger partial charge in [-0.25, -0.2) is 4.98 Å². The fourth-order valence-electron chi connectivity index (χ4n) is 2.92. The van der Waals surface area contributed by atoms with Gasteiger partial charge in [0.05, 0.1) is 11.3 Å². The topological polar surface area (TPSA) is 61.0 Å². The second kappa shape index (κ2) is 7.42. The third kappa shape index (κ3) is 3.99. The molecule has 0 bridgehead atoms. The van der Waals surface area contributed by atoms with Crippen molar-refractivity contribution >= 4 is 5.95 Å². The van der Waals surface area contributed by atoms with Crippen molar-refractivity contribution < 1.29 is 0 Å². The minimum Gasteiger partial charge on any atom is -0.356 e. The number of hydrogen-bond donors (Lipinski definition) is 2. The molecule has 3 rings (SSSR count). The average Bonchev–Trinajstić information content (AvgIpc) is 2.57. The van der Waals surface area contributed by atoms with Crippen LogP contribution in [0.15, 0.2) is 35.1 Å². The van der Waals surface area contributed by atoms with E-state index in [-0.39, 0.29) is 5.56 Å². The molecule has 0 saturated heterocycles. The van der Waals surface area contributed by atoms with Gasteiger partial charge in [0.1, 0.15) is 0 Å². The molecule has 0 atom stereocenters. The van der Waals surface area contributed by atoms with Crippen LogP contribution < -0.4 is 10.9 Å². The fraction of sp³-hybridized carbons (Fsp3) is 0.444. The SMILES string of the molecule is CCCCNc1nc2c(c(=O)[nH]1)CN(Cc1ccccc1)CC2. The normalized spacial score (nSPS) is 14.5. The highest BCUT2D eigenvalue weighted by Gasteiger charge is 2.21. The fourth-order valence-corrected chi connectivity index (χ4v) is 2.92. The van der Waals surface area contributed by atoms with Gasteiger partial charge in [0.15, 0.2) is 0 Å². The number of nitrogens with zero attached hydrogens (tertiary/aromatic N) is 2. The zero-order valence-corrected chi connectivity index (χ0v) is 13.6. The number of benzene rings is 1. The lowest BCUT2D eigenvalue weighted by Crippen LogP contribution is -2.35. The summed E-state index contributed by atoms with van der Waals surface area (Å²) in [5, 5.41) is 3.21. The number of unbranched alkanes of at least 4 members (excludes halogenated alkanes) is 1. The summed E-state index contributed by atoms with van der Waals surface area (Å²) >= 11 is 0. The summed E-state index contributed by atoms with van der Waals surface area (Å²) in [6, 6.07) is 10.4. The van der Waals surface area contributed by atoms with Crippen LogP contribution in [0.2, 0.25) is 0 Å². The zero-order valence-electron chi connectivity index (χ0n) is 13.6. The lowest BCUT2D eigenvalue weighted by atomic mass is 10.1. The molecule has 0 amide bonds. The summed E-state index contributed by atoms with van der Waals surface area (Å²) < 4.78 is 0. The van der Waals surface area contributed by atoms with Crippen molar-refractivity contribution in [3.8, 4) is 0 Å². The van der Waals surface area contributed by atoms with Crippen LogP contribution in [0, 0.1) is 0 Å². The number of H-pyrrole nitrogens is 1. The molecule has 0 radical (unpaired) electrons. The lowest BCUT2D eigenvalue weighted by molar-refractivity contribution is 0.242. The number of aromatic nitrogens is 2. The highest BCUT2D eigenvalue weighted by Crippen LogP contribution is 2.17. The molecule has 0 fully saturated rings. The zero-order chi connectivity index (χ0) is 16.1. The van der Waals surface area contributed by atoms with Crippen molar-refractivity contribution in [3.63, 3.8) is 0 Å². The van der Waals surface area contributed by atoms with Crippen LogP contribution in [0.25, 0.3) is 0 Å². The molecule has 2 aromatic rings. The molecule has 5 nitrogen and oxygen atoms in total. The minimum absolute atomic E-state index is 0.00763. The Bertz CT molecular complexity index is 696. The average molecular weight is 312 g/mol. The first-order chi connectivity index (χ1) is 11.3. The van der Waals surface area contributed by atoms with Gasteiger partial charge in [0, 0.05) is 32.6 Å². The Morgan fingerprint density at radius 1 is 1.30 bits per heavy atom. The molecule has 0 aliphatic carbocycles. The van der Waals surface area contributed by atoms with E-state index in [1.807, 2.05) is 6.07 Å². The predicted octanol–water partition coefficient (Wildman–Crippen LogP) is 2.54. The first-order valence-electron chi connectivity index (χ1n) is 8.38. The van der Waals surface area contributed by atoms with E-state index in [9.17, 15) is 4.79 Å². The van der Waals surface area contributed by atoms with Gasteiger partial charge in [-0.05, 0) is 12.0 Å². The Balaban J connectivity index is 1.70. The summed E-state index contributed by atoms with van der Waals surface area (Å²) in [6.45, 7) is 5.47. The molecular formula is C18H24N4O. The third-order valence-electron chi connectivity index (χ3n) is 4.22. The van der Waals surface area contributed by atoms with Crippen LogP contribution in [0.1, 0.15) is 36.6 Å². The summed E-state index contributed by atoms with van der Waals surface area (Å²) in [7, 11) is 0. The monoisotopic (exact) mass is 312 g/mol. The standard InChI is InChI=1S/C18H24N4O/c1-2-3-10-19-18-20-16-9-11-22(13-15(16)17(23)21-18)12-14-7-5-4-6-8-14/h4-8H,2-3,9-13H2,1H3,(H2,19,20,21,23). The smallest absolute Gasteiger partial charge is 0.257 e. The molecule has 1 aromatic heterocycles. The molecule has 5 heteroatoms. The Labute approximate surface area is 136 Å². The molecule has 122 valence electrons. The molecule has 2 N–H and O–H groups in total. The number of rotatable bonds is 6. The van der Waals surface area contributed by atoms with E-state index in [2.05, 4.69) is 51.4 Å². The third-order valence-corrected chi connectivity index (χ3v) is 4.22. The van der Waals surface area contributed by atoms with Crippen LogP contribution in [0.4, 0.5) is 5.95 Å². The van der Waals surface area contributed by atoms with E-state index in [1.54, 1.807) is 0 Å². The molecule has 0 spiro atoms. The molecular weight excluding hydrogens is 288 g/mol. The maximum absolute atomic E-state index is 12.4. The van der Waals surface area contributed by atoms with Crippen LogP contribution in [0.5, 0.6) is 0 Å². The van der Waals surface area contributed by atoms with Crippen LogP contribution in [-0.2, 0) is 19.5 Å². The van der Waals surface area contributed by atoms with Crippen LogP contribution in [0.3, 0.4) is 0 Å². The molecule has 0 unspecified atom stereocenters. The summed E-state index contributed by atoms with van der Waals surface area (Å²) in [5.74, 6) is 0.610. The number of aromatic amines is 1. The predicted molar refractivity (Wildman–Crippen MR) is 92.5 cm³/mol. The van der Waals surface area contributed by atoms with Gasteiger partial charge in [-0.15, -0.1) is 0 Å². The van der Waals surface area contributed by atoms with Gasteiger partial charge in [-0.2, -0.15) is 0 Å². The minimum atomic E-state index is -0.00763. The summed E-state index contributed by atoms with van der Waals surface area (Å²) in [5.41, 5.74) is 3.02. The Morgan fingerprint density at radius 2 is 2.13 bits per heavy atom. The first-order valence-corrected chi connectivity index (χ1v) is 8.38. The van der Waals surface area contributed by atoms with Crippen LogP contribution in [-0.4, -0.2) is 28.0 Å². The number of hydrogen-bond acceptors (Lipinski definition) is 4. The quantitative estimate of drug-likeness (QED) is 0.805. The highest BCUT2D eigenvalue weighted by atomic mass is 16.1. The van der Waals surface area contributed by atoms with Gasteiger partial charge in [-0.3, -0.25) is 14.7 Å². The van der Waals surface area contributed by atoms with Crippen molar-refractivity contribution in [1.82, 2.24) is 14.9 Å². The second-order valence-corrected chi connectivity index (χ2v) is 6.07. The van der Waals surface area contributed by atoms with E-state index in [1.165, 1.54) is 5.56 Å². The lowest BCUT2D eigenvalue weighted by Gasteiger charge is -2.27. The van der Waals surface area contributed by atoms with Crippen molar-refractivity contribution in [2.24, 2.45) is 0 Å². The van der Waals surface area contributed by atoms with Gasteiger partial charge in [0.25, 0.3) is 5.56 Å². The van der Waals surface area contributed by atoms with Crippen molar-refractivity contribution in [1.29, 1.82) is 0 Å². The van der Waals surface area contributed by atoms with E-state index in [0.29, 0.717) is 12.5 Å². The van der Waals surface area contributed by atoms with E-state index < -0.39 is 0 Å². The summed E-state index contributed by atoms with van der Waals surface area (Å²) in [6.07, 6.45) is 3.02. The Morgan fingerprint density at radius 3 is 2.91 bits per heavy atom. The second-order valence-electron chi connectivity index (χ2n) is 6.07. The first kappa shape index (κ1) is 15.7. The largest absolute Gasteiger partial charge is 0.356 e. The molecule has 0 saturated carbocycles. The van der Waals surface area contributed by atoms with Gasteiger partial charge in [-0.1, -0.05) is 43.7 Å². The van der Waals surface area contributed by atoms with Gasteiger partial charge in [0.2, 0.25) is 5.95 Å². The number of fused-ring (bicyclic) bond motifs is 1. The van der Waals surface area contributed by atoms with Crippen molar-refractivity contribution in [2.75, 3.05) is 18.4 Å². The maximum Gasteiger partial charge on any atom is 0.257 e. The van der Waals surface area contributed by atoms with Crippen LogP contribution >= 0.6 is 0 Å². The van der Waals surface area contributed by atoms with E-state index in [0.717, 1.165) is 50.2 Å². The molecule has 23 heavy (non-hydrogen) atoms. The molecule has 1 aliphatic rings. The highest BCUT2D eigenvalue weighted by molar-refractivity contribution is 5.31. The molecule has 1 aromatic carbocycles. The number of nitrogens with one attached hydrogen (secondary N) is 2. The van der Waals surface area contributed by atoms with Gasteiger partial charge >= 0.3 is 0 Å².